The Labute approximate surface area is 134 Å². The molecule has 0 bridgehead atoms. The van der Waals surface area contributed by atoms with Crippen molar-refractivity contribution in [2.75, 3.05) is 5.73 Å². The number of fused-ring (bicyclic) bond motifs is 1. The van der Waals surface area contributed by atoms with Crippen LogP contribution in [0.15, 0.2) is 22.7 Å². The van der Waals surface area contributed by atoms with Crippen LogP contribution in [0, 0.1) is 29.6 Å². The van der Waals surface area contributed by atoms with E-state index in [1.54, 1.807) is 12.1 Å². The maximum atomic E-state index is 13.2. The van der Waals surface area contributed by atoms with Gasteiger partial charge in [0.25, 0.3) is 6.43 Å². The molecule has 118 valence electrons. The van der Waals surface area contributed by atoms with Crippen molar-refractivity contribution in [2.24, 2.45) is 0 Å². The van der Waals surface area contributed by atoms with Crippen LogP contribution in [0.3, 0.4) is 0 Å². The number of hydrogen-bond donors (Lipinski definition) is 1. The summed E-state index contributed by atoms with van der Waals surface area (Å²) in [6, 6.07) is 6.63. The molecule has 0 aromatic carbocycles. The van der Waals surface area contributed by atoms with E-state index >= 15 is 0 Å². The second-order valence-corrected chi connectivity index (χ2v) is 4.95. The first-order valence-corrected chi connectivity index (χ1v) is 6.75. The minimum Gasteiger partial charge on any atom is -0.456 e. The molecule has 0 saturated heterocycles. The molecule has 0 aliphatic carbocycles. The molecule has 3 aromatic rings. The Morgan fingerprint density at radius 1 is 1.25 bits per heavy atom. The SMILES string of the molecule is Cc1nc(C(F)F)c(C#N)c(-c2cc3c(N)nccc3o2)c1C#N. The number of pyridine rings is 2. The second-order valence-electron chi connectivity index (χ2n) is 4.95. The van der Waals surface area contributed by atoms with Crippen molar-refractivity contribution in [1.29, 1.82) is 10.5 Å². The van der Waals surface area contributed by atoms with Gasteiger partial charge in [0.05, 0.1) is 27.8 Å². The van der Waals surface area contributed by atoms with Crippen molar-refractivity contribution in [3.63, 3.8) is 0 Å². The molecule has 3 heterocycles. The molecule has 3 aromatic heterocycles. The van der Waals surface area contributed by atoms with Gasteiger partial charge in [-0.15, -0.1) is 0 Å². The summed E-state index contributed by atoms with van der Waals surface area (Å²) in [4.78, 5) is 7.62. The molecule has 0 saturated carbocycles. The molecule has 3 rings (SSSR count). The fourth-order valence-corrected chi connectivity index (χ4v) is 2.49. The minimum absolute atomic E-state index is 0.00142. The lowest BCUT2D eigenvalue weighted by Gasteiger charge is -2.10. The van der Waals surface area contributed by atoms with Crippen LogP contribution in [-0.2, 0) is 0 Å². The number of nitrogens with zero attached hydrogens (tertiary/aromatic N) is 4. The normalized spacial score (nSPS) is 10.8. The molecule has 8 heteroatoms. The molecule has 0 unspecified atom stereocenters. The number of rotatable bonds is 2. The van der Waals surface area contributed by atoms with E-state index in [1.807, 2.05) is 6.07 Å². The van der Waals surface area contributed by atoms with Gasteiger partial charge in [0.15, 0.2) is 0 Å². The second kappa shape index (κ2) is 5.60. The molecular weight excluding hydrogens is 316 g/mol. The van der Waals surface area contributed by atoms with Crippen LogP contribution >= 0.6 is 0 Å². The molecule has 0 spiro atoms. The Bertz CT molecular complexity index is 1040. The summed E-state index contributed by atoms with van der Waals surface area (Å²) in [5, 5.41) is 19.2. The van der Waals surface area contributed by atoms with Gasteiger partial charge in [0.2, 0.25) is 0 Å². The predicted octanol–water partition coefficient (Wildman–Crippen LogP) is 3.46. The van der Waals surface area contributed by atoms with Crippen molar-refractivity contribution < 1.29 is 13.2 Å². The van der Waals surface area contributed by atoms with Crippen molar-refractivity contribution in [1.82, 2.24) is 9.97 Å². The maximum absolute atomic E-state index is 13.2. The third-order valence-corrected chi connectivity index (χ3v) is 3.56. The highest BCUT2D eigenvalue weighted by Gasteiger charge is 2.26. The summed E-state index contributed by atoms with van der Waals surface area (Å²) in [6.45, 7) is 1.42. The number of nitrogen functional groups attached to an aromatic ring is 1. The maximum Gasteiger partial charge on any atom is 0.281 e. The molecule has 6 nitrogen and oxygen atoms in total. The summed E-state index contributed by atoms with van der Waals surface area (Å²) in [7, 11) is 0. The molecule has 0 fully saturated rings. The third kappa shape index (κ3) is 2.22. The van der Waals surface area contributed by atoms with Gasteiger partial charge in [-0.2, -0.15) is 10.5 Å². The summed E-state index contributed by atoms with van der Waals surface area (Å²) >= 11 is 0. The van der Waals surface area contributed by atoms with Crippen LogP contribution in [0.5, 0.6) is 0 Å². The van der Waals surface area contributed by atoms with E-state index in [0.717, 1.165) is 0 Å². The summed E-state index contributed by atoms with van der Waals surface area (Å²) in [6.07, 6.45) is -1.52. The lowest BCUT2D eigenvalue weighted by Crippen LogP contribution is -2.04. The van der Waals surface area contributed by atoms with Crippen molar-refractivity contribution >= 4 is 16.8 Å². The van der Waals surface area contributed by atoms with E-state index in [1.165, 1.54) is 19.2 Å². The smallest absolute Gasteiger partial charge is 0.281 e. The van der Waals surface area contributed by atoms with Gasteiger partial charge in [0, 0.05) is 6.20 Å². The zero-order valence-corrected chi connectivity index (χ0v) is 12.3. The van der Waals surface area contributed by atoms with Crippen LogP contribution in [0.2, 0.25) is 0 Å². The number of alkyl halides is 2. The molecule has 0 amide bonds. The average molecular weight is 325 g/mol. The first-order valence-electron chi connectivity index (χ1n) is 6.75. The van der Waals surface area contributed by atoms with E-state index in [0.29, 0.717) is 11.0 Å². The van der Waals surface area contributed by atoms with E-state index in [2.05, 4.69) is 9.97 Å². The molecule has 0 aliphatic heterocycles. The molecular formula is C16H9F2N5O. The lowest BCUT2D eigenvalue weighted by atomic mass is 9.97. The van der Waals surface area contributed by atoms with E-state index < -0.39 is 17.7 Å². The average Bonchev–Trinajstić information content (AvgIpc) is 2.98. The highest BCUT2D eigenvalue weighted by molar-refractivity contribution is 5.92. The van der Waals surface area contributed by atoms with Crippen LogP contribution < -0.4 is 5.73 Å². The standard InChI is InChI=1S/C16H9F2N5O/c1-7-9(5-19)13(10(6-20)14(23-7)15(17)18)12-4-8-11(24-12)2-3-22-16(8)21/h2-4,15H,1H3,(H2,21,22). The van der Waals surface area contributed by atoms with Crippen molar-refractivity contribution in [3.8, 4) is 23.5 Å². The van der Waals surface area contributed by atoms with Gasteiger partial charge < -0.3 is 10.2 Å². The fraction of sp³-hybridized carbons (Fsp3) is 0.125. The first kappa shape index (κ1) is 15.4. The Balaban J connectivity index is 2.43. The van der Waals surface area contributed by atoms with Crippen LogP contribution in [-0.4, -0.2) is 9.97 Å². The Morgan fingerprint density at radius 2 is 1.96 bits per heavy atom. The van der Waals surface area contributed by atoms with Gasteiger partial charge in [-0.1, -0.05) is 0 Å². The van der Waals surface area contributed by atoms with Gasteiger partial charge in [-0.25, -0.2) is 18.7 Å². The number of anilines is 1. The number of hydrogen-bond acceptors (Lipinski definition) is 6. The van der Waals surface area contributed by atoms with E-state index in [4.69, 9.17) is 10.2 Å². The van der Waals surface area contributed by atoms with Gasteiger partial charge in [-0.05, 0) is 19.1 Å². The van der Waals surface area contributed by atoms with E-state index in [9.17, 15) is 19.3 Å². The summed E-state index contributed by atoms with van der Waals surface area (Å²) in [5.41, 5.74) is 5.14. The minimum atomic E-state index is -2.96. The van der Waals surface area contributed by atoms with Gasteiger partial charge in [-0.3, -0.25) is 0 Å². The molecule has 0 atom stereocenters. The van der Waals surface area contributed by atoms with Crippen LogP contribution in [0.1, 0.15) is 28.9 Å². The molecule has 0 aliphatic rings. The quantitative estimate of drug-likeness (QED) is 0.772. The number of aromatic nitrogens is 2. The number of aryl methyl sites for hydroxylation is 1. The van der Waals surface area contributed by atoms with Gasteiger partial charge in [0.1, 0.15) is 35.0 Å². The van der Waals surface area contributed by atoms with Crippen molar-refractivity contribution in [3.05, 3.63) is 40.8 Å². The number of furan rings is 1. The number of nitriles is 2. The molecule has 0 radical (unpaired) electrons. The highest BCUT2D eigenvalue weighted by atomic mass is 19.3. The third-order valence-electron chi connectivity index (χ3n) is 3.56. The number of halogens is 2. The molecule has 2 N–H and O–H groups in total. The zero-order valence-electron chi connectivity index (χ0n) is 12.3. The Kier molecular flexibility index (Phi) is 3.59. The van der Waals surface area contributed by atoms with Crippen molar-refractivity contribution in [2.45, 2.75) is 13.3 Å². The topological polar surface area (TPSA) is 113 Å². The summed E-state index contributed by atoms with van der Waals surface area (Å²) in [5.74, 6) is 0.282. The largest absolute Gasteiger partial charge is 0.456 e. The van der Waals surface area contributed by atoms with Gasteiger partial charge >= 0.3 is 0 Å². The molecule has 24 heavy (non-hydrogen) atoms. The number of nitrogens with two attached hydrogens (primary N) is 1. The van der Waals surface area contributed by atoms with E-state index in [-0.39, 0.29) is 28.4 Å². The van der Waals surface area contributed by atoms with Crippen LogP contribution in [0.4, 0.5) is 14.6 Å². The van der Waals surface area contributed by atoms with Crippen LogP contribution in [0.25, 0.3) is 22.3 Å². The fourth-order valence-electron chi connectivity index (χ4n) is 2.49. The predicted molar refractivity (Wildman–Crippen MR) is 80.8 cm³/mol. The Hall–Kier alpha value is -3.52. The Morgan fingerprint density at radius 3 is 2.54 bits per heavy atom. The highest BCUT2D eigenvalue weighted by Crippen LogP contribution is 2.37. The summed E-state index contributed by atoms with van der Waals surface area (Å²) < 4.78 is 32.1. The lowest BCUT2D eigenvalue weighted by molar-refractivity contribution is 0.145. The zero-order chi connectivity index (χ0) is 17.4. The monoisotopic (exact) mass is 325 g/mol. The first-order chi connectivity index (χ1) is 11.5.